The summed E-state index contributed by atoms with van der Waals surface area (Å²) in [6.07, 6.45) is 0. The molecule has 3 aromatic rings. The summed E-state index contributed by atoms with van der Waals surface area (Å²) in [5, 5.41) is 5.90. The van der Waals surface area contributed by atoms with E-state index in [1.807, 2.05) is 23.6 Å². The SMILES string of the molecule is Cc1scc2nc(C(=O)NCc3ccc4c(c3)OCO4)nc(N3CCOCC3)c12. The van der Waals surface area contributed by atoms with Crippen molar-refractivity contribution in [3.8, 4) is 11.5 Å². The van der Waals surface area contributed by atoms with Crippen LogP contribution in [0.1, 0.15) is 21.1 Å². The average Bonchev–Trinajstić information content (AvgIpc) is 3.38. The third-order valence-electron chi connectivity index (χ3n) is 5.02. The van der Waals surface area contributed by atoms with Crippen molar-refractivity contribution in [1.82, 2.24) is 15.3 Å². The van der Waals surface area contributed by atoms with Crippen LogP contribution in [0.4, 0.5) is 5.82 Å². The fraction of sp³-hybridized carbons (Fsp3) is 0.350. The molecule has 0 saturated carbocycles. The van der Waals surface area contributed by atoms with Crippen molar-refractivity contribution >= 4 is 34.0 Å². The molecule has 1 aromatic carbocycles. The van der Waals surface area contributed by atoms with Gasteiger partial charge in [-0.2, -0.15) is 0 Å². The largest absolute Gasteiger partial charge is 0.454 e. The second kappa shape index (κ2) is 7.49. The zero-order valence-corrected chi connectivity index (χ0v) is 16.8. The van der Waals surface area contributed by atoms with E-state index in [0.29, 0.717) is 25.5 Å². The number of nitrogens with one attached hydrogen (secondary N) is 1. The van der Waals surface area contributed by atoms with Crippen molar-refractivity contribution in [1.29, 1.82) is 0 Å². The number of hydrogen-bond acceptors (Lipinski definition) is 8. The number of nitrogens with zero attached hydrogens (tertiary/aromatic N) is 3. The minimum Gasteiger partial charge on any atom is -0.454 e. The van der Waals surface area contributed by atoms with Crippen LogP contribution in [0.15, 0.2) is 23.6 Å². The highest BCUT2D eigenvalue weighted by molar-refractivity contribution is 7.11. The number of fused-ring (bicyclic) bond motifs is 2. The molecule has 2 aliphatic rings. The Kier molecular flexibility index (Phi) is 4.69. The summed E-state index contributed by atoms with van der Waals surface area (Å²) in [6, 6.07) is 5.62. The molecule has 2 aromatic heterocycles. The van der Waals surface area contributed by atoms with E-state index in [4.69, 9.17) is 14.2 Å². The van der Waals surface area contributed by atoms with Crippen molar-refractivity contribution in [3.63, 3.8) is 0 Å². The number of carbonyl (C=O) groups excluding carboxylic acids is 1. The van der Waals surface area contributed by atoms with E-state index in [1.165, 1.54) is 0 Å². The number of morpholine rings is 1. The Balaban J connectivity index is 1.39. The van der Waals surface area contributed by atoms with Crippen LogP contribution in [-0.4, -0.2) is 49.0 Å². The van der Waals surface area contributed by atoms with E-state index in [1.54, 1.807) is 11.3 Å². The number of aromatic nitrogens is 2. The van der Waals surface area contributed by atoms with Gasteiger partial charge in [0.25, 0.3) is 5.91 Å². The van der Waals surface area contributed by atoms with Gasteiger partial charge < -0.3 is 24.4 Å². The molecule has 0 aliphatic carbocycles. The number of anilines is 1. The molecule has 5 rings (SSSR count). The molecule has 1 amide bonds. The smallest absolute Gasteiger partial charge is 0.289 e. The number of carbonyl (C=O) groups is 1. The van der Waals surface area contributed by atoms with Crippen LogP contribution in [0.2, 0.25) is 0 Å². The highest BCUT2D eigenvalue weighted by atomic mass is 32.1. The third kappa shape index (κ3) is 3.47. The Morgan fingerprint density at radius 1 is 1.21 bits per heavy atom. The van der Waals surface area contributed by atoms with E-state index in [2.05, 4.69) is 27.1 Å². The summed E-state index contributed by atoms with van der Waals surface area (Å²) in [4.78, 5) is 25.3. The summed E-state index contributed by atoms with van der Waals surface area (Å²) in [6.45, 7) is 5.44. The maximum atomic E-state index is 12.8. The van der Waals surface area contributed by atoms with Crippen molar-refractivity contribution in [2.45, 2.75) is 13.5 Å². The van der Waals surface area contributed by atoms with Crippen LogP contribution in [0.5, 0.6) is 11.5 Å². The van der Waals surface area contributed by atoms with E-state index in [0.717, 1.165) is 46.0 Å². The molecular weight excluding hydrogens is 392 g/mol. The zero-order valence-electron chi connectivity index (χ0n) is 15.9. The van der Waals surface area contributed by atoms with E-state index >= 15 is 0 Å². The molecule has 1 saturated heterocycles. The summed E-state index contributed by atoms with van der Waals surface area (Å²) in [5.41, 5.74) is 1.72. The highest BCUT2D eigenvalue weighted by Crippen LogP contribution is 2.33. The topological polar surface area (TPSA) is 85.8 Å². The standard InChI is InChI=1S/C20H20N4O4S/c1-12-17-14(10-29-12)22-18(23-19(17)24-4-6-26-7-5-24)20(25)21-9-13-2-3-15-16(8-13)28-11-27-15/h2-3,8,10H,4-7,9,11H2,1H3,(H,21,25). The molecule has 0 atom stereocenters. The Bertz CT molecular complexity index is 1080. The van der Waals surface area contributed by atoms with Gasteiger partial charge in [0.05, 0.1) is 24.1 Å². The molecule has 2 aliphatic heterocycles. The van der Waals surface area contributed by atoms with E-state index < -0.39 is 0 Å². The van der Waals surface area contributed by atoms with Gasteiger partial charge in [0.1, 0.15) is 5.82 Å². The summed E-state index contributed by atoms with van der Waals surface area (Å²) in [5.74, 6) is 2.10. The zero-order chi connectivity index (χ0) is 19.8. The van der Waals surface area contributed by atoms with Gasteiger partial charge in [0.15, 0.2) is 11.5 Å². The van der Waals surface area contributed by atoms with Gasteiger partial charge in [-0.3, -0.25) is 4.79 Å². The first kappa shape index (κ1) is 18.1. The highest BCUT2D eigenvalue weighted by Gasteiger charge is 2.22. The lowest BCUT2D eigenvalue weighted by Gasteiger charge is -2.28. The molecule has 1 N–H and O–H groups in total. The first-order valence-electron chi connectivity index (χ1n) is 9.44. The normalized spacial score (nSPS) is 15.7. The first-order valence-corrected chi connectivity index (χ1v) is 10.3. The van der Waals surface area contributed by atoms with Gasteiger partial charge in [-0.1, -0.05) is 6.07 Å². The minimum absolute atomic E-state index is 0.178. The molecule has 0 unspecified atom stereocenters. The third-order valence-corrected chi connectivity index (χ3v) is 5.92. The lowest BCUT2D eigenvalue weighted by molar-refractivity contribution is 0.0940. The van der Waals surface area contributed by atoms with E-state index in [-0.39, 0.29) is 18.5 Å². The van der Waals surface area contributed by atoms with Crippen LogP contribution in [0.3, 0.4) is 0 Å². The molecule has 29 heavy (non-hydrogen) atoms. The summed E-state index contributed by atoms with van der Waals surface area (Å²) < 4.78 is 16.2. The summed E-state index contributed by atoms with van der Waals surface area (Å²) in [7, 11) is 0. The number of benzene rings is 1. The van der Waals surface area contributed by atoms with Gasteiger partial charge in [-0.15, -0.1) is 11.3 Å². The van der Waals surface area contributed by atoms with Gasteiger partial charge in [0, 0.05) is 29.9 Å². The van der Waals surface area contributed by atoms with Crippen molar-refractivity contribution in [2.24, 2.45) is 0 Å². The molecule has 150 valence electrons. The van der Waals surface area contributed by atoms with Crippen molar-refractivity contribution in [3.05, 3.63) is 39.8 Å². The lowest BCUT2D eigenvalue weighted by Crippen LogP contribution is -2.37. The van der Waals surface area contributed by atoms with Gasteiger partial charge >= 0.3 is 0 Å². The molecule has 0 bridgehead atoms. The van der Waals surface area contributed by atoms with Crippen LogP contribution < -0.4 is 19.7 Å². The number of rotatable bonds is 4. The minimum atomic E-state index is -0.303. The van der Waals surface area contributed by atoms with Gasteiger partial charge in [-0.25, -0.2) is 9.97 Å². The quantitative estimate of drug-likeness (QED) is 0.705. The van der Waals surface area contributed by atoms with Crippen LogP contribution in [-0.2, 0) is 11.3 Å². The van der Waals surface area contributed by atoms with Crippen LogP contribution >= 0.6 is 11.3 Å². The maximum absolute atomic E-state index is 12.8. The van der Waals surface area contributed by atoms with Crippen LogP contribution in [0, 0.1) is 6.92 Å². The second-order valence-corrected chi connectivity index (χ2v) is 7.98. The predicted octanol–water partition coefficient (Wildman–Crippen LogP) is 2.50. The second-order valence-electron chi connectivity index (χ2n) is 6.89. The fourth-order valence-electron chi connectivity index (χ4n) is 3.51. The fourth-order valence-corrected chi connectivity index (χ4v) is 4.28. The number of hydrogen-bond donors (Lipinski definition) is 1. The van der Waals surface area contributed by atoms with Crippen LogP contribution in [0.25, 0.3) is 10.9 Å². The number of thiophene rings is 1. The molecule has 8 nitrogen and oxygen atoms in total. The van der Waals surface area contributed by atoms with Crippen molar-refractivity contribution in [2.75, 3.05) is 38.0 Å². The molecule has 1 fully saturated rings. The Labute approximate surface area is 171 Å². The average molecular weight is 412 g/mol. The lowest BCUT2D eigenvalue weighted by atomic mass is 10.2. The predicted molar refractivity (Wildman–Crippen MR) is 109 cm³/mol. The Morgan fingerprint density at radius 3 is 2.90 bits per heavy atom. The number of amides is 1. The van der Waals surface area contributed by atoms with Crippen molar-refractivity contribution < 1.29 is 19.0 Å². The molecule has 0 radical (unpaired) electrons. The molecule has 9 heteroatoms. The van der Waals surface area contributed by atoms with Gasteiger partial charge in [-0.05, 0) is 24.6 Å². The Morgan fingerprint density at radius 2 is 2.03 bits per heavy atom. The molecule has 0 spiro atoms. The molecule has 4 heterocycles. The number of aryl methyl sites for hydroxylation is 1. The monoisotopic (exact) mass is 412 g/mol. The number of ether oxygens (including phenoxy) is 3. The van der Waals surface area contributed by atoms with Gasteiger partial charge in [0.2, 0.25) is 12.6 Å². The Hall–Kier alpha value is -2.91. The maximum Gasteiger partial charge on any atom is 0.289 e. The van der Waals surface area contributed by atoms with E-state index in [9.17, 15) is 4.79 Å². The summed E-state index contributed by atoms with van der Waals surface area (Å²) >= 11 is 1.62. The molecular formula is C20H20N4O4S. The first-order chi connectivity index (χ1) is 14.2.